The van der Waals surface area contributed by atoms with Gasteiger partial charge in [-0.15, -0.1) is 6.58 Å². The average molecular weight is 203 g/mol. The molecule has 78 valence electrons. The zero-order valence-corrected chi connectivity index (χ0v) is 8.64. The highest BCUT2D eigenvalue weighted by Crippen LogP contribution is 2.17. The van der Waals surface area contributed by atoms with Gasteiger partial charge in [-0.1, -0.05) is 35.9 Å². The summed E-state index contributed by atoms with van der Waals surface area (Å²) in [5, 5.41) is 12.8. The van der Waals surface area contributed by atoms with Gasteiger partial charge in [-0.3, -0.25) is 0 Å². The van der Waals surface area contributed by atoms with E-state index in [0.717, 1.165) is 11.1 Å². The van der Waals surface area contributed by atoms with Crippen LogP contribution in [0.4, 0.5) is 0 Å². The molecule has 0 bridgehead atoms. The lowest BCUT2D eigenvalue weighted by Gasteiger charge is -2.06. The summed E-state index contributed by atoms with van der Waals surface area (Å²) in [6.07, 6.45) is 1.11. The fourth-order valence-corrected chi connectivity index (χ4v) is 1.16. The fraction of sp³-hybridized carbons (Fsp3) is 0.250. The minimum absolute atomic E-state index is 0.362. The molecule has 1 aromatic rings. The molecule has 0 aliphatic rings. The first-order valence-corrected chi connectivity index (χ1v) is 4.65. The fourth-order valence-electron chi connectivity index (χ4n) is 1.16. The molecule has 1 atom stereocenters. The maximum absolute atomic E-state index is 10.2. The van der Waals surface area contributed by atoms with Gasteiger partial charge in [0.25, 0.3) is 0 Å². The quantitative estimate of drug-likeness (QED) is 0.557. The van der Waals surface area contributed by atoms with Crippen molar-refractivity contribution in [1.29, 1.82) is 0 Å². The molecule has 3 heteroatoms. The summed E-state index contributed by atoms with van der Waals surface area (Å²) in [5.41, 5.74) is 2.02. The highest BCUT2D eigenvalue weighted by Gasteiger charge is 2.13. The third-order valence-corrected chi connectivity index (χ3v) is 1.93. The maximum Gasteiger partial charge on any atom is 0.335 e. The largest absolute Gasteiger partial charge is 0.498 e. The molecule has 0 heterocycles. The van der Waals surface area contributed by atoms with E-state index in [0.29, 0.717) is 6.61 Å². The van der Waals surface area contributed by atoms with Crippen LogP contribution < -0.4 is 0 Å². The van der Waals surface area contributed by atoms with Gasteiger partial charge in [-0.2, -0.15) is 0 Å². The first kappa shape index (κ1) is 11.3. The molecule has 1 unspecified atom stereocenters. The van der Waals surface area contributed by atoms with Crippen LogP contribution in [-0.2, 0) is 4.74 Å². The van der Waals surface area contributed by atoms with Gasteiger partial charge in [-0.05, 0) is 12.5 Å². The summed E-state index contributed by atoms with van der Waals surface area (Å²) in [6.45, 7) is 5.90. The number of ether oxygens (including phenoxy) is 1. The van der Waals surface area contributed by atoms with Crippen molar-refractivity contribution in [2.24, 2.45) is 0 Å². The third-order valence-electron chi connectivity index (χ3n) is 1.93. The Morgan fingerprint density at radius 3 is 2.73 bits per heavy atom. The molecule has 3 nitrogen and oxygen atoms in total. The summed E-state index contributed by atoms with van der Waals surface area (Å²) < 4.78 is 5.33. The Labute approximate surface area is 89.4 Å². The van der Waals surface area contributed by atoms with Gasteiger partial charge in [0.05, 0.1) is 6.61 Å². The summed E-state index contributed by atoms with van der Waals surface area (Å²) in [6, 6.07) is 10.0. The van der Waals surface area contributed by atoms with E-state index in [2.05, 4.69) is 17.7 Å². The zero-order valence-electron chi connectivity index (χ0n) is 8.64. The molecule has 0 spiro atoms. The third kappa shape index (κ3) is 3.45. The van der Waals surface area contributed by atoms with Crippen molar-refractivity contribution in [3.05, 3.63) is 58.3 Å². The van der Waals surface area contributed by atoms with E-state index in [1.165, 1.54) is 0 Å². The van der Waals surface area contributed by atoms with Crippen LogP contribution in [0.5, 0.6) is 0 Å². The van der Waals surface area contributed by atoms with Gasteiger partial charge in [0.1, 0.15) is 0 Å². The van der Waals surface area contributed by atoms with E-state index in [1.54, 1.807) is 6.08 Å². The van der Waals surface area contributed by atoms with E-state index < -0.39 is 6.10 Å². The van der Waals surface area contributed by atoms with E-state index in [-0.39, 0.29) is 0 Å². The number of nitrogens with zero attached hydrogens (tertiary/aromatic N) is 1. The van der Waals surface area contributed by atoms with Gasteiger partial charge < -0.3 is 9.94 Å². The van der Waals surface area contributed by atoms with Crippen LogP contribution in [0.2, 0.25) is 0 Å². The van der Waals surface area contributed by atoms with Crippen LogP contribution >= 0.6 is 0 Å². The maximum atomic E-state index is 10.2. The van der Waals surface area contributed by atoms with E-state index in [9.17, 15) is 5.21 Å². The molecule has 0 aliphatic heterocycles. The highest BCUT2D eigenvalue weighted by molar-refractivity contribution is 5.27. The van der Waals surface area contributed by atoms with Gasteiger partial charge in [0.2, 0.25) is 6.10 Å². The predicted molar refractivity (Wildman–Crippen MR) is 60.7 cm³/mol. The smallest absolute Gasteiger partial charge is 0.335 e. The molecule has 0 N–H and O–H groups in total. The van der Waals surface area contributed by atoms with Crippen molar-refractivity contribution in [3.8, 4) is 6.07 Å². The second-order valence-electron chi connectivity index (χ2n) is 3.13. The number of rotatable bonds is 4. The standard InChI is InChI=1S/C12H13NO2/c1-3-8-15-12(9-13-14)11-6-4-10(2)5-7-11/h3-7,12H,1,8H2,2H3. The molecule has 0 aromatic heterocycles. The van der Waals surface area contributed by atoms with Crippen LogP contribution in [0.3, 0.4) is 0 Å². The number of aryl methyl sites for hydroxylation is 1. The van der Waals surface area contributed by atoms with Crippen LogP contribution in [0.1, 0.15) is 17.2 Å². The van der Waals surface area contributed by atoms with E-state index >= 15 is 0 Å². The van der Waals surface area contributed by atoms with E-state index in [4.69, 9.17) is 4.74 Å². The molecular formula is C12H13NO2. The summed E-state index contributed by atoms with van der Waals surface area (Å²) >= 11 is 0. The van der Waals surface area contributed by atoms with E-state index in [1.807, 2.05) is 31.2 Å². The Morgan fingerprint density at radius 1 is 1.53 bits per heavy atom. The normalized spacial score (nSPS) is 11.3. The lowest BCUT2D eigenvalue weighted by atomic mass is 10.1. The van der Waals surface area contributed by atoms with Crippen molar-refractivity contribution >= 4 is 0 Å². The predicted octanol–water partition coefficient (Wildman–Crippen LogP) is 3.07. The summed E-state index contributed by atoms with van der Waals surface area (Å²) in [7, 11) is 0. The van der Waals surface area contributed by atoms with Crippen LogP contribution in [-0.4, -0.2) is 6.61 Å². The summed E-state index contributed by atoms with van der Waals surface area (Å²) in [5.74, 6) is 0. The number of benzene rings is 1. The second kappa shape index (κ2) is 5.84. The lowest BCUT2D eigenvalue weighted by Crippen LogP contribution is -2.01. The molecule has 0 radical (unpaired) electrons. The molecule has 0 amide bonds. The first-order chi connectivity index (χ1) is 7.27. The van der Waals surface area contributed by atoms with Crippen molar-refractivity contribution < 1.29 is 4.74 Å². The molecule has 1 aromatic carbocycles. The van der Waals surface area contributed by atoms with Crippen LogP contribution in [0, 0.1) is 18.2 Å². The zero-order chi connectivity index (χ0) is 11.1. The Bertz CT molecular complexity index is 373. The average Bonchev–Trinajstić information content (AvgIpc) is 2.25. The van der Waals surface area contributed by atoms with Crippen molar-refractivity contribution in [2.45, 2.75) is 13.0 Å². The van der Waals surface area contributed by atoms with Gasteiger partial charge in [0, 0.05) is 5.01 Å². The molecule has 15 heavy (non-hydrogen) atoms. The van der Waals surface area contributed by atoms with Gasteiger partial charge >= 0.3 is 6.07 Å². The molecule has 0 saturated heterocycles. The molecule has 0 aliphatic carbocycles. The van der Waals surface area contributed by atoms with Crippen molar-refractivity contribution in [1.82, 2.24) is 0 Å². The second-order valence-corrected chi connectivity index (χ2v) is 3.13. The Morgan fingerprint density at radius 2 is 2.20 bits per heavy atom. The number of hydrogen-bond donors (Lipinski definition) is 0. The monoisotopic (exact) mass is 203 g/mol. The molecule has 1 rings (SSSR count). The van der Waals surface area contributed by atoms with Crippen molar-refractivity contribution in [3.63, 3.8) is 0 Å². The SMILES string of the molecule is C=CCOC(C#[N+][O-])c1ccc(C)cc1. The minimum atomic E-state index is -0.513. The topological polar surface area (TPSA) is 36.6 Å². The Balaban J connectivity index is 2.81. The minimum Gasteiger partial charge on any atom is -0.498 e. The highest BCUT2D eigenvalue weighted by atomic mass is 16.5. The lowest BCUT2D eigenvalue weighted by molar-refractivity contribution is 0.117. The first-order valence-electron chi connectivity index (χ1n) is 4.65. The Hall–Kier alpha value is -1.79. The molecular weight excluding hydrogens is 190 g/mol. The van der Waals surface area contributed by atoms with Crippen molar-refractivity contribution in [2.75, 3.05) is 6.61 Å². The summed E-state index contributed by atoms with van der Waals surface area (Å²) in [4.78, 5) is 0. The Kier molecular flexibility index (Phi) is 4.39. The van der Waals surface area contributed by atoms with Gasteiger partial charge in [-0.25, -0.2) is 0 Å². The molecule has 0 saturated carbocycles. The number of hydrogen-bond acceptors (Lipinski definition) is 2. The van der Waals surface area contributed by atoms with Crippen LogP contribution in [0.15, 0.2) is 36.9 Å². The molecule has 0 fully saturated rings. The van der Waals surface area contributed by atoms with Gasteiger partial charge in [0.15, 0.2) is 0 Å². The van der Waals surface area contributed by atoms with Crippen LogP contribution in [0.25, 0.3) is 5.01 Å².